The van der Waals surface area contributed by atoms with Crippen LogP contribution in [0.15, 0.2) is 41.6 Å². The minimum atomic E-state index is -4.51. The quantitative estimate of drug-likeness (QED) is 0.501. The number of nitrogens with one attached hydrogen (secondary N) is 1. The van der Waals surface area contributed by atoms with Gasteiger partial charge in [-0.3, -0.25) is 5.43 Å². The van der Waals surface area contributed by atoms with Gasteiger partial charge in [0.15, 0.2) is 5.82 Å². The van der Waals surface area contributed by atoms with Crippen molar-refractivity contribution in [2.24, 2.45) is 5.10 Å². The summed E-state index contributed by atoms with van der Waals surface area (Å²) >= 11 is 5.74. The van der Waals surface area contributed by atoms with Gasteiger partial charge >= 0.3 is 6.18 Å². The summed E-state index contributed by atoms with van der Waals surface area (Å²) in [5.41, 5.74) is 2.69. The molecule has 0 bridgehead atoms. The monoisotopic (exact) mass is 331 g/mol. The maximum atomic E-state index is 12.8. The summed E-state index contributed by atoms with van der Waals surface area (Å²) in [5, 5.41) is 3.76. The van der Waals surface area contributed by atoms with E-state index in [4.69, 9.17) is 11.6 Å². The third-order valence-corrected chi connectivity index (χ3v) is 3.05. The first kappa shape index (κ1) is 16.2. The van der Waals surface area contributed by atoms with E-state index in [1.165, 1.54) is 24.3 Å². The van der Waals surface area contributed by atoms with Gasteiger partial charge in [-0.25, -0.2) is 9.37 Å². The number of nitrogens with zero attached hydrogens (tertiary/aromatic N) is 2. The zero-order chi connectivity index (χ0) is 16.3. The normalized spacial score (nSPS) is 12.4. The van der Waals surface area contributed by atoms with Crippen molar-refractivity contribution in [3.05, 3.63) is 58.5 Å². The molecule has 1 N–H and O–H groups in total. The van der Waals surface area contributed by atoms with Crippen LogP contribution in [0.4, 0.5) is 23.4 Å². The molecule has 0 aliphatic heterocycles. The van der Waals surface area contributed by atoms with Crippen LogP contribution in [0.2, 0.25) is 5.02 Å². The van der Waals surface area contributed by atoms with Crippen LogP contribution in [0.25, 0.3) is 0 Å². The molecular formula is C14H10ClF4N3. The van der Waals surface area contributed by atoms with Crippen molar-refractivity contribution >= 4 is 23.1 Å². The summed E-state index contributed by atoms with van der Waals surface area (Å²) in [5.74, 6) is -0.381. The van der Waals surface area contributed by atoms with Crippen LogP contribution in [-0.4, -0.2) is 10.7 Å². The third kappa shape index (κ3) is 3.94. The van der Waals surface area contributed by atoms with Crippen molar-refractivity contribution < 1.29 is 17.6 Å². The van der Waals surface area contributed by atoms with Crippen molar-refractivity contribution in [1.29, 1.82) is 0 Å². The summed E-state index contributed by atoms with van der Waals surface area (Å²) in [7, 11) is 0. The van der Waals surface area contributed by atoms with Gasteiger partial charge in [-0.05, 0) is 30.7 Å². The van der Waals surface area contributed by atoms with Gasteiger partial charge in [0.1, 0.15) is 5.82 Å². The molecule has 0 spiro atoms. The Kier molecular flexibility index (Phi) is 4.65. The van der Waals surface area contributed by atoms with Gasteiger partial charge in [0.05, 0.1) is 16.3 Å². The Morgan fingerprint density at radius 3 is 2.41 bits per heavy atom. The Morgan fingerprint density at radius 1 is 1.23 bits per heavy atom. The molecule has 1 aromatic heterocycles. The zero-order valence-electron chi connectivity index (χ0n) is 11.2. The van der Waals surface area contributed by atoms with Crippen molar-refractivity contribution in [2.75, 3.05) is 5.43 Å². The maximum Gasteiger partial charge on any atom is 0.417 e. The minimum Gasteiger partial charge on any atom is -0.260 e. The highest BCUT2D eigenvalue weighted by Gasteiger charge is 2.31. The number of rotatable bonds is 3. The summed E-state index contributed by atoms with van der Waals surface area (Å²) in [6.45, 7) is 1.65. The molecular weight excluding hydrogens is 322 g/mol. The number of hydrogen-bond donors (Lipinski definition) is 1. The number of alkyl halides is 3. The molecule has 0 aliphatic carbocycles. The van der Waals surface area contributed by atoms with Gasteiger partial charge in [-0.2, -0.15) is 18.3 Å². The van der Waals surface area contributed by atoms with Crippen LogP contribution in [0.5, 0.6) is 0 Å². The average Bonchev–Trinajstić information content (AvgIpc) is 2.45. The summed E-state index contributed by atoms with van der Waals surface area (Å²) in [6, 6.07) is 6.37. The second-order valence-corrected chi connectivity index (χ2v) is 4.78. The van der Waals surface area contributed by atoms with Crippen LogP contribution in [0.1, 0.15) is 18.1 Å². The van der Waals surface area contributed by atoms with Crippen LogP contribution in [-0.2, 0) is 6.18 Å². The van der Waals surface area contributed by atoms with Gasteiger partial charge in [-0.15, -0.1) is 0 Å². The van der Waals surface area contributed by atoms with E-state index in [0.717, 1.165) is 6.07 Å². The summed E-state index contributed by atoms with van der Waals surface area (Å²) in [4.78, 5) is 3.59. The highest BCUT2D eigenvalue weighted by Crippen LogP contribution is 2.32. The molecule has 2 aromatic rings. The van der Waals surface area contributed by atoms with E-state index in [0.29, 0.717) is 17.5 Å². The highest BCUT2D eigenvalue weighted by molar-refractivity contribution is 6.33. The predicted molar refractivity (Wildman–Crippen MR) is 76.5 cm³/mol. The molecule has 0 saturated carbocycles. The second-order valence-electron chi connectivity index (χ2n) is 4.37. The first-order chi connectivity index (χ1) is 10.3. The Bertz CT molecular complexity index is 696. The molecule has 8 heteroatoms. The van der Waals surface area contributed by atoms with E-state index >= 15 is 0 Å². The Morgan fingerprint density at radius 2 is 1.86 bits per heavy atom. The Hall–Kier alpha value is -2.15. The van der Waals surface area contributed by atoms with E-state index in [1.54, 1.807) is 6.92 Å². The van der Waals surface area contributed by atoms with E-state index < -0.39 is 11.7 Å². The van der Waals surface area contributed by atoms with Crippen LogP contribution < -0.4 is 5.43 Å². The van der Waals surface area contributed by atoms with Crippen molar-refractivity contribution in [3.8, 4) is 0 Å². The molecule has 1 heterocycles. The Labute approximate surface area is 128 Å². The molecule has 0 fully saturated rings. The average molecular weight is 332 g/mol. The van der Waals surface area contributed by atoms with Crippen LogP contribution in [0, 0.1) is 5.82 Å². The largest absolute Gasteiger partial charge is 0.417 e. The fourth-order valence-electron chi connectivity index (χ4n) is 1.57. The lowest BCUT2D eigenvalue weighted by Crippen LogP contribution is -2.07. The summed E-state index contributed by atoms with van der Waals surface area (Å²) in [6.07, 6.45) is -3.85. The number of halogens is 5. The molecule has 0 aliphatic rings. The maximum absolute atomic E-state index is 12.8. The molecule has 2 rings (SSSR count). The second kappa shape index (κ2) is 6.31. The first-order valence-electron chi connectivity index (χ1n) is 6.06. The van der Waals surface area contributed by atoms with Crippen molar-refractivity contribution in [1.82, 2.24) is 4.98 Å². The Balaban J connectivity index is 2.17. The lowest BCUT2D eigenvalue weighted by molar-refractivity contribution is -0.137. The number of anilines is 1. The van der Waals surface area contributed by atoms with Gasteiger partial charge in [0.25, 0.3) is 0 Å². The first-order valence-corrected chi connectivity index (χ1v) is 6.44. The zero-order valence-corrected chi connectivity index (χ0v) is 12.0. The lowest BCUT2D eigenvalue weighted by atomic mass is 10.1. The molecule has 1 aromatic carbocycles. The highest BCUT2D eigenvalue weighted by atomic mass is 35.5. The minimum absolute atomic E-state index is 0.00358. The number of hydrazone groups is 1. The van der Waals surface area contributed by atoms with Crippen molar-refractivity contribution in [3.63, 3.8) is 0 Å². The van der Waals surface area contributed by atoms with Gasteiger partial charge in [0.2, 0.25) is 0 Å². The summed E-state index contributed by atoms with van der Waals surface area (Å²) < 4.78 is 50.3. The fraction of sp³-hybridized carbons (Fsp3) is 0.143. The fourth-order valence-corrected chi connectivity index (χ4v) is 1.78. The number of pyridine rings is 1. The molecule has 0 radical (unpaired) electrons. The van der Waals surface area contributed by atoms with Crippen LogP contribution in [0.3, 0.4) is 0 Å². The van der Waals surface area contributed by atoms with Crippen LogP contribution >= 0.6 is 11.6 Å². The topological polar surface area (TPSA) is 37.3 Å². The van der Waals surface area contributed by atoms with E-state index in [9.17, 15) is 17.6 Å². The standard InChI is InChI=1S/C14H10ClF4N3/c1-8(9-2-4-11(16)5-3-9)21-22-13-12(15)6-10(7-20-13)14(17,18)19/h2-7H,1H3,(H,20,22)/b21-8+. The molecule has 3 nitrogen and oxygen atoms in total. The van der Waals surface area contributed by atoms with E-state index in [1.807, 2.05) is 0 Å². The van der Waals surface area contributed by atoms with Gasteiger partial charge in [-0.1, -0.05) is 23.7 Å². The third-order valence-electron chi connectivity index (χ3n) is 2.76. The molecule has 0 saturated heterocycles. The van der Waals surface area contributed by atoms with E-state index in [-0.39, 0.29) is 16.7 Å². The molecule has 116 valence electrons. The predicted octanol–water partition coefficient (Wildman–Crippen LogP) is 4.73. The molecule has 22 heavy (non-hydrogen) atoms. The van der Waals surface area contributed by atoms with Gasteiger partial charge < -0.3 is 0 Å². The van der Waals surface area contributed by atoms with Crippen molar-refractivity contribution in [2.45, 2.75) is 13.1 Å². The molecule has 0 atom stereocenters. The SMILES string of the molecule is C/C(=N\Nc1ncc(C(F)(F)F)cc1Cl)c1ccc(F)cc1. The number of benzene rings is 1. The lowest BCUT2D eigenvalue weighted by Gasteiger charge is -2.09. The molecule has 0 amide bonds. The van der Waals surface area contributed by atoms with Gasteiger partial charge in [0, 0.05) is 6.20 Å². The number of hydrogen-bond acceptors (Lipinski definition) is 3. The molecule has 0 unspecified atom stereocenters. The van der Waals surface area contributed by atoms with E-state index in [2.05, 4.69) is 15.5 Å². The smallest absolute Gasteiger partial charge is 0.260 e. The number of aromatic nitrogens is 1.